The van der Waals surface area contributed by atoms with Crippen molar-refractivity contribution in [2.75, 3.05) is 11.9 Å². The fourth-order valence-corrected chi connectivity index (χ4v) is 2.97. The molecular formula is C19H21FN2O. The van der Waals surface area contributed by atoms with E-state index in [4.69, 9.17) is 0 Å². The molecule has 0 spiro atoms. The van der Waals surface area contributed by atoms with Crippen LogP contribution in [0.25, 0.3) is 0 Å². The van der Waals surface area contributed by atoms with Crippen molar-refractivity contribution >= 4 is 11.6 Å². The molecule has 23 heavy (non-hydrogen) atoms. The van der Waals surface area contributed by atoms with Crippen LogP contribution in [0.15, 0.2) is 42.5 Å². The second kappa shape index (κ2) is 6.92. The zero-order valence-corrected chi connectivity index (χ0v) is 13.2. The predicted octanol–water partition coefficient (Wildman–Crippen LogP) is 3.60. The topological polar surface area (TPSA) is 41.1 Å². The maximum atomic E-state index is 12.9. The van der Waals surface area contributed by atoms with E-state index in [0.717, 1.165) is 24.1 Å². The zero-order valence-electron chi connectivity index (χ0n) is 13.2. The summed E-state index contributed by atoms with van der Waals surface area (Å²) in [6, 6.07) is 12.4. The first-order valence-corrected chi connectivity index (χ1v) is 8.02. The van der Waals surface area contributed by atoms with Gasteiger partial charge < -0.3 is 10.6 Å². The summed E-state index contributed by atoms with van der Waals surface area (Å²) in [5.74, 6) is -0.327. The molecule has 0 radical (unpaired) electrons. The number of hydrogen-bond donors (Lipinski definition) is 2. The molecule has 2 N–H and O–H groups in total. The normalized spacial score (nSPS) is 14.3. The molecule has 0 aromatic heterocycles. The molecule has 0 fully saturated rings. The number of rotatable bonds is 5. The monoisotopic (exact) mass is 312 g/mol. The summed E-state index contributed by atoms with van der Waals surface area (Å²) in [5.41, 5.74) is 4.55. The van der Waals surface area contributed by atoms with Gasteiger partial charge in [-0.1, -0.05) is 18.2 Å². The number of nitrogens with one attached hydrogen (secondary N) is 2. The molecule has 3 nitrogen and oxygen atoms in total. The van der Waals surface area contributed by atoms with Crippen LogP contribution in [0.1, 0.15) is 36.1 Å². The van der Waals surface area contributed by atoms with Crippen LogP contribution >= 0.6 is 0 Å². The Kier molecular flexibility index (Phi) is 4.72. The van der Waals surface area contributed by atoms with E-state index >= 15 is 0 Å². The molecule has 2 aromatic carbocycles. The quantitative estimate of drug-likeness (QED) is 0.885. The summed E-state index contributed by atoms with van der Waals surface area (Å²) in [7, 11) is 0. The van der Waals surface area contributed by atoms with Crippen molar-refractivity contribution < 1.29 is 9.18 Å². The molecule has 3 rings (SSSR count). The van der Waals surface area contributed by atoms with Crippen LogP contribution in [0.2, 0.25) is 0 Å². The van der Waals surface area contributed by atoms with Crippen LogP contribution in [-0.2, 0) is 17.6 Å². The highest BCUT2D eigenvalue weighted by Crippen LogP contribution is 2.24. The number of carbonyl (C=O) groups excluding carboxylic acids is 1. The lowest BCUT2D eigenvalue weighted by atomic mass is 10.1. The van der Waals surface area contributed by atoms with E-state index in [-0.39, 0.29) is 24.3 Å². The highest BCUT2D eigenvalue weighted by atomic mass is 19.1. The zero-order chi connectivity index (χ0) is 16.2. The molecule has 0 saturated heterocycles. The molecule has 2 aromatic rings. The third kappa shape index (κ3) is 3.96. The number of fused-ring (bicyclic) bond motifs is 1. The Morgan fingerprint density at radius 2 is 1.87 bits per heavy atom. The van der Waals surface area contributed by atoms with Gasteiger partial charge in [0.15, 0.2) is 0 Å². The van der Waals surface area contributed by atoms with Crippen LogP contribution in [0.5, 0.6) is 0 Å². The number of hydrogen-bond acceptors (Lipinski definition) is 2. The molecule has 1 unspecified atom stereocenters. The Morgan fingerprint density at radius 1 is 1.13 bits per heavy atom. The molecule has 1 aliphatic rings. The van der Waals surface area contributed by atoms with E-state index < -0.39 is 0 Å². The number of carbonyl (C=O) groups is 1. The first kappa shape index (κ1) is 15.7. The Hall–Kier alpha value is -2.20. The summed E-state index contributed by atoms with van der Waals surface area (Å²) in [6.07, 6.45) is 3.43. The fraction of sp³-hybridized carbons (Fsp3) is 0.316. The molecule has 0 bridgehead atoms. The van der Waals surface area contributed by atoms with E-state index in [1.807, 2.05) is 13.0 Å². The smallest absolute Gasteiger partial charge is 0.238 e. The van der Waals surface area contributed by atoms with Gasteiger partial charge in [-0.05, 0) is 67.1 Å². The fourth-order valence-electron chi connectivity index (χ4n) is 2.97. The summed E-state index contributed by atoms with van der Waals surface area (Å²) in [5, 5.41) is 6.08. The van der Waals surface area contributed by atoms with Crippen LogP contribution in [0.3, 0.4) is 0 Å². The van der Waals surface area contributed by atoms with Gasteiger partial charge in [-0.2, -0.15) is 0 Å². The molecule has 1 amide bonds. The summed E-state index contributed by atoms with van der Waals surface area (Å²) >= 11 is 0. The number of amides is 1. The lowest BCUT2D eigenvalue weighted by molar-refractivity contribution is -0.115. The van der Waals surface area contributed by atoms with Gasteiger partial charge in [-0.3, -0.25) is 4.79 Å². The highest BCUT2D eigenvalue weighted by molar-refractivity contribution is 5.92. The van der Waals surface area contributed by atoms with Crippen molar-refractivity contribution in [3.8, 4) is 0 Å². The van der Waals surface area contributed by atoms with Crippen molar-refractivity contribution in [3.63, 3.8) is 0 Å². The number of anilines is 1. The maximum Gasteiger partial charge on any atom is 0.238 e. The number of aryl methyl sites for hydroxylation is 2. The lowest BCUT2D eigenvalue weighted by Crippen LogP contribution is -2.30. The molecular weight excluding hydrogens is 291 g/mol. The highest BCUT2D eigenvalue weighted by Gasteiger charge is 2.12. The molecule has 0 saturated carbocycles. The average molecular weight is 312 g/mol. The first-order chi connectivity index (χ1) is 11.1. The lowest BCUT2D eigenvalue weighted by Gasteiger charge is -2.14. The second-order valence-electron chi connectivity index (χ2n) is 6.04. The van der Waals surface area contributed by atoms with Gasteiger partial charge in [0.25, 0.3) is 0 Å². The third-order valence-electron chi connectivity index (χ3n) is 4.32. The average Bonchev–Trinajstić information content (AvgIpc) is 3.01. The van der Waals surface area contributed by atoms with Crippen molar-refractivity contribution in [1.82, 2.24) is 5.32 Å². The van der Waals surface area contributed by atoms with Gasteiger partial charge in [-0.15, -0.1) is 0 Å². The van der Waals surface area contributed by atoms with Crippen molar-refractivity contribution in [3.05, 3.63) is 65.0 Å². The van der Waals surface area contributed by atoms with E-state index in [1.165, 1.54) is 29.7 Å². The van der Waals surface area contributed by atoms with Crippen LogP contribution < -0.4 is 10.6 Å². The van der Waals surface area contributed by atoms with Gasteiger partial charge in [0.2, 0.25) is 5.91 Å². The van der Waals surface area contributed by atoms with Gasteiger partial charge in [-0.25, -0.2) is 4.39 Å². The van der Waals surface area contributed by atoms with Gasteiger partial charge >= 0.3 is 0 Å². The number of benzene rings is 2. The molecule has 0 heterocycles. The molecule has 1 aliphatic carbocycles. The van der Waals surface area contributed by atoms with Gasteiger partial charge in [0.1, 0.15) is 5.82 Å². The van der Waals surface area contributed by atoms with Gasteiger partial charge in [0, 0.05) is 11.7 Å². The minimum Gasteiger partial charge on any atom is -0.325 e. The predicted molar refractivity (Wildman–Crippen MR) is 89.9 cm³/mol. The Labute approximate surface area is 135 Å². The Morgan fingerprint density at radius 3 is 2.65 bits per heavy atom. The standard InChI is InChI=1S/C19H21FN2O/c1-13(14-5-8-17(20)9-6-14)21-12-19(23)22-18-10-7-15-3-2-4-16(15)11-18/h5-11,13,21H,2-4,12H2,1H3,(H,22,23). The van der Waals surface area contributed by atoms with E-state index in [9.17, 15) is 9.18 Å². The SMILES string of the molecule is CC(NCC(=O)Nc1ccc2c(c1)CCC2)c1ccc(F)cc1. The van der Waals surface area contributed by atoms with Crippen molar-refractivity contribution in [2.45, 2.75) is 32.2 Å². The molecule has 120 valence electrons. The van der Waals surface area contributed by atoms with Gasteiger partial charge in [0.05, 0.1) is 6.54 Å². The minimum atomic E-state index is -0.254. The van der Waals surface area contributed by atoms with E-state index in [2.05, 4.69) is 22.8 Å². The van der Waals surface area contributed by atoms with Crippen molar-refractivity contribution in [2.24, 2.45) is 0 Å². The Balaban J connectivity index is 1.52. The van der Waals surface area contributed by atoms with E-state index in [0.29, 0.717) is 0 Å². The third-order valence-corrected chi connectivity index (χ3v) is 4.32. The molecule has 0 aliphatic heterocycles. The second-order valence-corrected chi connectivity index (χ2v) is 6.04. The van der Waals surface area contributed by atoms with E-state index in [1.54, 1.807) is 12.1 Å². The summed E-state index contributed by atoms with van der Waals surface area (Å²) < 4.78 is 12.9. The molecule has 1 atom stereocenters. The maximum absolute atomic E-state index is 12.9. The summed E-state index contributed by atoms with van der Waals surface area (Å²) in [6.45, 7) is 2.17. The van der Waals surface area contributed by atoms with Crippen LogP contribution in [-0.4, -0.2) is 12.5 Å². The van der Waals surface area contributed by atoms with Crippen molar-refractivity contribution in [1.29, 1.82) is 0 Å². The molecule has 4 heteroatoms. The first-order valence-electron chi connectivity index (χ1n) is 8.02. The minimum absolute atomic E-state index is 0.0126. The summed E-state index contributed by atoms with van der Waals surface area (Å²) in [4.78, 5) is 12.1. The largest absolute Gasteiger partial charge is 0.325 e. The Bertz CT molecular complexity index is 697. The van der Waals surface area contributed by atoms with Crippen LogP contribution in [0, 0.1) is 5.82 Å². The van der Waals surface area contributed by atoms with Crippen LogP contribution in [0.4, 0.5) is 10.1 Å². The number of halogens is 1.